The molecule has 26 heavy (non-hydrogen) atoms. The van der Waals surface area contributed by atoms with E-state index in [9.17, 15) is 9.59 Å². The lowest BCUT2D eigenvalue weighted by Crippen LogP contribution is -2.61. The van der Waals surface area contributed by atoms with Crippen LogP contribution in [0.15, 0.2) is 36.1 Å². The second-order valence-corrected chi connectivity index (χ2v) is 8.28. The van der Waals surface area contributed by atoms with E-state index in [-0.39, 0.29) is 29.0 Å². The van der Waals surface area contributed by atoms with E-state index in [0.717, 1.165) is 18.4 Å². The first kappa shape index (κ1) is 20.4. The van der Waals surface area contributed by atoms with Crippen molar-refractivity contribution in [2.24, 2.45) is 0 Å². The van der Waals surface area contributed by atoms with Crippen LogP contribution in [0.25, 0.3) is 5.57 Å². The number of hydrogen-bond donors (Lipinski definition) is 1. The molecule has 0 spiro atoms. The maximum absolute atomic E-state index is 13.6. The van der Waals surface area contributed by atoms with Crippen molar-refractivity contribution in [1.82, 2.24) is 5.32 Å². The Morgan fingerprint density at radius 1 is 1.08 bits per heavy atom. The van der Waals surface area contributed by atoms with Crippen molar-refractivity contribution in [2.75, 3.05) is 0 Å². The molecule has 0 fully saturated rings. The largest absolute Gasteiger partial charge is 0.486 e. The van der Waals surface area contributed by atoms with Gasteiger partial charge in [-0.2, -0.15) is 0 Å². The van der Waals surface area contributed by atoms with Gasteiger partial charge in [0.1, 0.15) is 5.54 Å². The van der Waals surface area contributed by atoms with Gasteiger partial charge in [-0.25, -0.2) is 0 Å². The van der Waals surface area contributed by atoms with Crippen LogP contribution in [0.3, 0.4) is 0 Å². The summed E-state index contributed by atoms with van der Waals surface area (Å²) in [5.41, 5.74) is -0.495. The van der Waals surface area contributed by atoms with Gasteiger partial charge in [-0.3, -0.25) is 14.9 Å². The lowest BCUT2D eigenvalue weighted by Gasteiger charge is -2.35. The fourth-order valence-electron chi connectivity index (χ4n) is 3.43. The zero-order valence-corrected chi connectivity index (χ0v) is 16.8. The molecule has 142 valence electrons. The first-order valence-electron chi connectivity index (χ1n) is 9.47. The Morgan fingerprint density at radius 3 is 2.19 bits per heavy atom. The van der Waals surface area contributed by atoms with Crippen molar-refractivity contribution >= 4 is 17.1 Å². The second kappa shape index (κ2) is 7.75. The van der Waals surface area contributed by atoms with Crippen LogP contribution in [0.5, 0.6) is 0 Å². The summed E-state index contributed by atoms with van der Waals surface area (Å²) in [4.78, 5) is 27.1. The van der Waals surface area contributed by atoms with E-state index in [4.69, 9.17) is 4.74 Å². The van der Waals surface area contributed by atoms with Gasteiger partial charge in [-0.15, -0.1) is 0 Å². The number of unbranched alkanes of at least 4 members (excludes halogenated alkanes) is 1. The lowest BCUT2D eigenvalue weighted by atomic mass is 9.83. The topological polar surface area (TPSA) is 55.4 Å². The molecule has 0 saturated carbocycles. The molecular formula is C22H31NO3. The Balaban J connectivity index is 2.61. The highest BCUT2D eigenvalue weighted by Crippen LogP contribution is 2.40. The molecule has 2 rings (SSSR count). The smallest absolute Gasteiger partial charge is 0.226 e. The maximum atomic E-state index is 13.6. The van der Waals surface area contributed by atoms with Crippen LogP contribution in [0, 0.1) is 0 Å². The second-order valence-electron chi connectivity index (χ2n) is 8.28. The van der Waals surface area contributed by atoms with Crippen LogP contribution in [-0.4, -0.2) is 28.7 Å². The van der Waals surface area contributed by atoms with Crippen molar-refractivity contribution in [2.45, 2.75) is 78.0 Å². The van der Waals surface area contributed by atoms with E-state index in [0.29, 0.717) is 12.0 Å². The van der Waals surface area contributed by atoms with Gasteiger partial charge in [-0.05, 0) is 46.6 Å². The summed E-state index contributed by atoms with van der Waals surface area (Å²) in [6.07, 6.45) is 1.99. The number of rotatable bonds is 7. The van der Waals surface area contributed by atoms with Crippen molar-refractivity contribution in [3.8, 4) is 0 Å². The van der Waals surface area contributed by atoms with Gasteiger partial charge < -0.3 is 4.74 Å². The minimum atomic E-state index is -1.25. The van der Waals surface area contributed by atoms with Crippen molar-refractivity contribution in [3.63, 3.8) is 0 Å². The summed E-state index contributed by atoms with van der Waals surface area (Å²) in [6.45, 7) is 11.7. The average molecular weight is 357 g/mol. The monoisotopic (exact) mass is 357 g/mol. The molecule has 1 aliphatic rings. The molecule has 0 aliphatic heterocycles. The van der Waals surface area contributed by atoms with Crippen LogP contribution in [0.4, 0.5) is 0 Å². The zero-order valence-electron chi connectivity index (χ0n) is 16.8. The molecule has 1 atom stereocenters. The van der Waals surface area contributed by atoms with Gasteiger partial charge in [0, 0.05) is 5.54 Å². The number of nitrogens with one attached hydrogen (secondary N) is 1. The molecule has 0 saturated heterocycles. The highest BCUT2D eigenvalue weighted by molar-refractivity contribution is 6.44. The minimum absolute atomic E-state index is 0.173. The number of carbonyl (C=O) groups excluding carboxylic acids is 2. The van der Waals surface area contributed by atoms with Crippen LogP contribution in [0.1, 0.15) is 66.4 Å². The minimum Gasteiger partial charge on any atom is -0.486 e. The van der Waals surface area contributed by atoms with Crippen molar-refractivity contribution in [1.29, 1.82) is 0 Å². The van der Waals surface area contributed by atoms with Gasteiger partial charge in [0.05, 0.1) is 11.7 Å². The van der Waals surface area contributed by atoms with Crippen LogP contribution >= 0.6 is 0 Å². The molecule has 1 N–H and O–H groups in total. The Kier molecular flexibility index (Phi) is 6.07. The van der Waals surface area contributed by atoms with Crippen LogP contribution in [-0.2, 0) is 14.3 Å². The highest BCUT2D eigenvalue weighted by Gasteiger charge is 2.56. The highest BCUT2D eigenvalue weighted by atomic mass is 16.5. The Bertz CT molecular complexity index is 698. The normalized spacial score (nSPS) is 21.0. The number of benzene rings is 1. The number of carbonyl (C=O) groups is 2. The summed E-state index contributed by atoms with van der Waals surface area (Å²) < 4.78 is 5.88. The molecule has 4 heteroatoms. The molecule has 0 bridgehead atoms. The maximum Gasteiger partial charge on any atom is 0.226 e. The summed E-state index contributed by atoms with van der Waals surface area (Å²) in [5, 5.41) is 3.35. The summed E-state index contributed by atoms with van der Waals surface area (Å²) in [6, 6.07) is 9.35. The number of ketones is 2. The van der Waals surface area contributed by atoms with Gasteiger partial charge in [0.25, 0.3) is 0 Å². The van der Waals surface area contributed by atoms with Crippen LogP contribution in [0.2, 0.25) is 0 Å². The lowest BCUT2D eigenvalue weighted by molar-refractivity contribution is -0.132. The summed E-state index contributed by atoms with van der Waals surface area (Å²) in [7, 11) is 0. The predicted molar refractivity (Wildman–Crippen MR) is 105 cm³/mol. The van der Waals surface area contributed by atoms with Crippen LogP contribution < -0.4 is 5.32 Å². The SMILES string of the molecule is CCCCC1(NC(C)(C)C)C(=O)C(OC(C)C)=C(c2ccccc2)C1=O. The molecule has 0 amide bonds. The van der Waals surface area contributed by atoms with E-state index in [2.05, 4.69) is 12.2 Å². The third kappa shape index (κ3) is 4.07. The average Bonchev–Trinajstić information content (AvgIpc) is 2.74. The molecule has 1 aromatic carbocycles. The summed E-state index contributed by atoms with van der Waals surface area (Å²) in [5.74, 6) is -0.213. The molecule has 0 radical (unpaired) electrons. The molecule has 0 heterocycles. The molecular weight excluding hydrogens is 326 g/mol. The van der Waals surface area contributed by atoms with E-state index in [1.165, 1.54) is 0 Å². The number of Topliss-reactive ketones (excluding diaryl/α,β-unsaturated/α-hetero) is 2. The van der Waals surface area contributed by atoms with E-state index in [1.54, 1.807) is 0 Å². The van der Waals surface area contributed by atoms with Crippen molar-refractivity contribution < 1.29 is 14.3 Å². The Labute approximate surface area is 157 Å². The molecule has 1 unspecified atom stereocenters. The number of hydrogen-bond acceptors (Lipinski definition) is 4. The molecule has 0 aromatic heterocycles. The zero-order chi connectivity index (χ0) is 19.5. The molecule has 1 aromatic rings. The van der Waals surface area contributed by atoms with E-state index in [1.807, 2.05) is 65.0 Å². The van der Waals surface area contributed by atoms with E-state index < -0.39 is 5.54 Å². The first-order chi connectivity index (χ1) is 12.1. The number of ether oxygens (including phenoxy) is 1. The molecule has 4 nitrogen and oxygen atoms in total. The quantitative estimate of drug-likeness (QED) is 0.740. The Hall–Kier alpha value is -1.94. The third-order valence-corrected chi connectivity index (χ3v) is 4.35. The van der Waals surface area contributed by atoms with Gasteiger partial charge in [0.15, 0.2) is 11.5 Å². The van der Waals surface area contributed by atoms with Gasteiger partial charge in [0.2, 0.25) is 5.78 Å². The predicted octanol–water partition coefficient (Wildman–Crippen LogP) is 4.29. The fourth-order valence-corrected chi connectivity index (χ4v) is 3.43. The summed E-state index contributed by atoms with van der Waals surface area (Å²) >= 11 is 0. The standard InChI is InChI=1S/C22H31NO3/c1-7-8-14-22(23-21(4,5)6)19(24)17(16-12-10-9-11-13-16)18(20(22)25)26-15(2)3/h9-13,15,23H,7-8,14H2,1-6H3. The van der Waals surface area contributed by atoms with E-state index >= 15 is 0 Å². The Morgan fingerprint density at radius 2 is 1.69 bits per heavy atom. The van der Waals surface area contributed by atoms with Crippen molar-refractivity contribution in [3.05, 3.63) is 41.7 Å². The fraction of sp³-hybridized carbons (Fsp3) is 0.545. The third-order valence-electron chi connectivity index (χ3n) is 4.35. The van der Waals surface area contributed by atoms with Gasteiger partial charge >= 0.3 is 0 Å². The van der Waals surface area contributed by atoms with Gasteiger partial charge in [-0.1, -0.05) is 50.1 Å². The molecule has 1 aliphatic carbocycles. The first-order valence-corrected chi connectivity index (χ1v) is 9.47.